The fraction of sp³-hybridized carbons (Fsp3) is 0.500. The van der Waals surface area contributed by atoms with Gasteiger partial charge in [0.2, 0.25) is 11.9 Å². The standard InChI is InChI=1S/C22H30FN5O/c1-16-13-20(26-22(25-16)27(2)3)28-12-6-7-17(15-28)10-11-21(29)24-14-18-8-4-5-9-19(18)23/h4-5,8-9,13,17H,6-7,10-12,14-15H2,1-3H3,(H,24,29)/t17-/m1/s1. The molecule has 0 unspecified atom stereocenters. The van der Waals surface area contributed by atoms with Crippen LogP contribution in [0, 0.1) is 18.7 Å². The summed E-state index contributed by atoms with van der Waals surface area (Å²) in [6.45, 7) is 4.08. The van der Waals surface area contributed by atoms with Crippen LogP contribution < -0.4 is 15.1 Å². The lowest BCUT2D eigenvalue weighted by molar-refractivity contribution is -0.121. The third-order valence-corrected chi connectivity index (χ3v) is 5.29. The summed E-state index contributed by atoms with van der Waals surface area (Å²) in [5.74, 6) is 1.80. The van der Waals surface area contributed by atoms with Crippen LogP contribution in [0.1, 0.15) is 36.9 Å². The number of benzene rings is 1. The van der Waals surface area contributed by atoms with Crippen LogP contribution in [0.2, 0.25) is 0 Å². The monoisotopic (exact) mass is 399 g/mol. The minimum absolute atomic E-state index is 0.0295. The zero-order chi connectivity index (χ0) is 20.8. The molecule has 1 N–H and O–H groups in total. The quantitative estimate of drug-likeness (QED) is 0.774. The maximum Gasteiger partial charge on any atom is 0.226 e. The lowest BCUT2D eigenvalue weighted by Gasteiger charge is -2.34. The minimum atomic E-state index is -0.284. The number of hydrogen-bond donors (Lipinski definition) is 1. The van der Waals surface area contributed by atoms with Crippen molar-refractivity contribution >= 4 is 17.7 Å². The zero-order valence-electron chi connectivity index (χ0n) is 17.5. The van der Waals surface area contributed by atoms with Crippen molar-refractivity contribution in [3.63, 3.8) is 0 Å². The highest BCUT2D eigenvalue weighted by molar-refractivity contribution is 5.75. The normalized spacial score (nSPS) is 16.6. The summed E-state index contributed by atoms with van der Waals surface area (Å²) in [5.41, 5.74) is 1.47. The van der Waals surface area contributed by atoms with Gasteiger partial charge in [0, 0.05) is 57.5 Å². The highest BCUT2D eigenvalue weighted by Gasteiger charge is 2.22. The third kappa shape index (κ3) is 5.89. The predicted octanol–water partition coefficient (Wildman–Crippen LogP) is 3.30. The molecule has 6 nitrogen and oxygen atoms in total. The molecule has 2 aromatic rings. The Morgan fingerprint density at radius 2 is 2.10 bits per heavy atom. The van der Waals surface area contributed by atoms with Crippen LogP contribution in [0.15, 0.2) is 30.3 Å². The molecular weight excluding hydrogens is 369 g/mol. The molecule has 0 bridgehead atoms. The van der Waals surface area contributed by atoms with Crippen LogP contribution in [0.25, 0.3) is 0 Å². The summed E-state index contributed by atoms with van der Waals surface area (Å²) < 4.78 is 13.7. The van der Waals surface area contributed by atoms with Crippen molar-refractivity contribution in [2.24, 2.45) is 5.92 Å². The van der Waals surface area contributed by atoms with Crippen molar-refractivity contribution in [2.45, 2.75) is 39.2 Å². The second-order valence-electron chi connectivity index (χ2n) is 7.92. The predicted molar refractivity (Wildman–Crippen MR) is 114 cm³/mol. The zero-order valence-corrected chi connectivity index (χ0v) is 17.5. The van der Waals surface area contributed by atoms with E-state index < -0.39 is 0 Å². The van der Waals surface area contributed by atoms with Crippen LogP contribution in [0.4, 0.5) is 16.2 Å². The number of amides is 1. The Kier molecular flexibility index (Phi) is 7.01. The number of aryl methyl sites for hydroxylation is 1. The van der Waals surface area contributed by atoms with Crippen molar-refractivity contribution in [1.29, 1.82) is 0 Å². The molecule has 0 spiro atoms. The molecule has 0 saturated carbocycles. The van der Waals surface area contributed by atoms with Crippen LogP contribution >= 0.6 is 0 Å². The highest BCUT2D eigenvalue weighted by atomic mass is 19.1. The molecule has 1 saturated heterocycles. The molecule has 3 rings (SSSR count). The Balaban J connectivity index is 1.51. The summed E-state index contributed by atoms with van der Waals surface area (Å²) in [4.78, 5) is 25.6. The van der Waals surface area contributed by atoms with Gasteiger partial charge in [-0.25, -0.2) is 9.37 Å². The van der Waals surface area contributed by atoms with Crippen LogP contribution in [-0.2, 0) is 11.3 Å². The van der Waals surface area contributed by atoms with Gasteiger partial charge in [-0.3, -0.25) is 4.79 Å². The summed E-state index contributed by atoms with van der Waals surface area (Å²) >= 11 is 0. The lowest BCUT2D eigenvalue weighted by Crippen LogP contribution is -2.37. The average Bonchev–Trinajstić information content (AvgIpc) is 2.71. The van der Waals surface area contributed by atoms with Gasteiger partial charge in [0.15, 0.2) is 0 Å². The highest BCUT2D eigenvalue weighted by Crippen LogP contribution is 2.26. The number of carbonyl (C=O) groups is 1. The Labute approximate surface area is 172 Å². The lowest BCUT2D eigenvalue weighted by atomic mass is 9.93. The minimum Gasteiger partial charge on any atom is -0.356 e. The van der Waals surface area contributed by atoms with Gasteiger partial charge in [-0.2, -0.15) is 4.98 Å². The van der Waals surface area contributed by atoms with E-state index >= 15 is 0 Å². The molecule has 1 atom stereocenters. The smallest absolute Gasteiger partial charge is 0.226 e. The molecule has 7 heteroatoms. The molecule has 2 heterocycles. The molecule has 0 radical (unpaired) electrons. The van der Waals surface area contributed by atoms with Gasteiger partial charge in [0.25, 0.3) is 0 Å². The molecule has 0 aliphatic carbocycles. The van der Waals surface area contributed by atoms with Crippen molar-refractivity contribution in [3.05, 3.63) is 47.4 Å². The summed E-state index contributed by atoms with van der Waals surface area (Å²) in [5, 5.41) is 2.83. The molecule has 29 heavy (non-hydrogen) atoms. The molecule has 156 valence electrons. The van der Waals surface area contributed by atoms with Gasteiger partial charge in [0.05, 0.1) is 0 Å². The molecule has 1 aromatic carbocycles. The number of halogens is 1. The molecular formula is C22H30FN5O. The van der Waals surface area contributed by atoms with Gasteiger partial charge in [-0.1, -0.05) is 18.2 Å². The van der Waals surface area contributed by atoms with Gasteiger partial charge in [-0.05, 0) is 38.2 Å². The molecule has 1 aliphatic rings. The van der Waals surface area contributed by atoms with Gasteiger partial charge in [-0.15, -0.1) is 0 Å². The molecule has 1 amide bonds. The first kappa shape index (κ1) is 21.0. The van der Waals surface area contributed by atoms with E-state index in [-0.39, 0.29) is 18.3 Å². The topological polar surface area (TPSA) is 61.4 Å². The molecule has 1 aliphatic heterocycles. The molecule has 1 aromatic heterocycles. The Hall–Kier alpha value is -2.70. The summed E-state index contributed by atoms with van der Waals surface area (Å²) in [6, 6.07) is 8.55. The van der Waals surface area contributed by atoms with Crippen molar-refractivity contribution in [1.82, 2.24) is 15.3 Å². The number of carbonyl (C=O) groups excluding carboxylic acids is 1. The van der Waals surface area contributed by atoms with E-state index in [0.717, 1.165) is 49.8 Å². The number of hydrogen-bond acceptors (Lipinski definition) is 5. The van der Waals surface area contributed by atoms with E-state index in [1.165, 1.54) is 6.07 Å². The number of nitrogens with one attached hydrogen (secondary N) is 1. The first-order valence-corrected chi connectivity index (χ1v) is 10.2. The van der Waals surface area contributed by atoms with Crippen molar-refractivity contribution < 1.29 is 9.18 Å². The van der Waals surface area contributed by atoms with E-state index in [0.29, 0.717) is 17.9 Å². The third-order valence-electron chi connectivity index (χ3n) is 5.29. The fourth-order valence-corrected chi connectivity index (χ4v) is 3.67. The van der Waals surface area contributed by atoms with Crippen LogP contribution in [0.3, 0.4) is 0 Å². The number of piperidine rings is 1. The number of rotatable bonds is 7. The first-order valence-electron chi connectivity index (χ1n) is 10.2. The fourth-order valence-electron chi connectivity index (χ4n) is 3.67. The largest absolute Gasteiger partial charge is 0.356 e. The second-order valence-corrected chi connectivity index (χ2v) is 7.92. The van der Waals surface area contributed by atoms with Gasteiger partial charge >= 0.3 is 0 Å². The Morgan fingerprint density at radius 3 is 2.86 bits per heavy atom. The summed E-state index contributed by atoms with van der Waals surface area (Å²) in [6.07, 6.45) is 3.48. The van der Waals surface area contributed by atoms with Crippen molar-refractivity contribution in [3.8, 4) is 0 Å². The van der Waals surface area contributed by atoms with E-state index in [4.69, 9.17) is 0 Å². The van der Waals surface area contributed by atoms with E-state index in [2.05, 4.69) is 20.2 Å². The summed E-state index contributed by atoms with van der Waals surface area (Å²) in [7, 11) is 3.88. The SMILES string of the molecule is Cc1cc(N2CCC[C@H](CCC(=O)NCc3ccccc3F)C2)nc(N(C)C)n1. The average molecular weight is 400 g/mol. The maximum absolute atomic E-state index is 13.7. The Morgan fingerprint density at radius 1 is 1.31 bits per heavy atom. The first-order chi connectivity index (χ1) is 13.9. The molecule has 1 fully saturated rings. The number of aromatic nitrogens is 2. The van der Waals surface area contributed by atoms with Crippen molar-refractivity contribution in [2.75, 3.05) is 37.0 Å². The van der Waals surface area contributed by atoms with E-state index in [1.807, 2.05) is 32.0 Å². The van der Waals surface area contributed by atoms with E-state index in [1.54, 1.807) is 18.2 Å². The maximum atomic E-state index is 13.7. The van der Waals surface area contributed by atoms with Gasteiger partial charge in [0.1, 0.15) is 11.6 Å². The van der Waals surface area contributed by atoms with E-state index in [9.17, 15) is 9.18 Å². The number of anilines is 2. The Bertz CT molecular complexity index is 842. The van der Waals surface area contributed by atoms with Crippen LogP contribution in [-0.4, -0.2) is 43.1 Å². The number of nitrogens with zero attached hydrogens (tertiary/aromatic N) is 4. The second kappa shape index (κ2) is 9.67. The van der Waals surface area contributed by atoms with Gasteiger partial charge < -0.3 is 15.1 Å². The van der Waals surface area contributed by atoms with Crippen LogP contribution in [0.5, 0.6) is 0 Å².